The molecule has 78 valence electrons. The molecular formula is C5H11F3N4O. The van der Waals surface area contributed by atoms with E-state index in [1.165, 1.54) is 6.92 Å². The highest BCUT2D eigenvalue weighted by molar-refractivity contribution is 5.75. The van der Waals surface area contributed by atoms with E-state index in [4.69, 9.17) is 5.73 Å². The minimum Gasteiger partial charge on any atom is -0.369 e. The normalized spacial score (nSPS) is 14.6. The van der Waals surface area contributed by atoms with Crippen molar-refractivity contribution in [1.29, 1.82) is 0 Å². The summed E-state index contributed by atoms with van der Waals surface area (Å²) in [5, 5.41) is -0.264. The maximum atomic E-state index is 12.0. The Kier molecular flexibility index (Phi) is 4.11. The number of nitrogens with two attached hydrogens (primary N) is 2. The zero-order chi connectivity index (χ0) is 10.6. The number of rotatable bonds is 4. The zero-order valence-corrected chi connectivity index (χ0v) is 6.93. The van der Waals surface area contributed by atoms with E-state index >= 15 is 0 Å². The molecular weight excluding hydrogens is 189 g/mol. The van der Waals surface area contributed by atoms with E-state index in [0.29, 0.717) is 0 Å². The summed E-state index contributed by atoms with van der Waals surface area (Å²) in [4.78, 5) is 10.2. The lowest BCUT2D eigenvalue weighted by atomic mass is 10.5. The van der Waals surface area contributed by atoms with E-state index < -0.39 is 24.9 Å². The standard InChI is InChI=1S/C5H11F3N4O/c1-3(9)11-12(2-4(10)13)5(6,7)8/h3,11H,2,9H2,1H3,(H2,10,13). The molecule has 0 saturated heterocycles. The molecule has 0 aliphatic carbocycles. The van der Waals surface area contributed by atoms with Gasteiger partial charge in [0.2, 0.25) is 5.91 Å². The molecule has 1 unspecified atom stereocenters. The number of carbonyl (C=O) groups is 1. The largest absolute Gasteiger partial charge is 0.473 e. The van der Waals surface area contributed by atoms with Gasteiger partial charge in [-0.2, -0.15) is 13.2 Å². The monoisotopic (exact) mass is 200 g/mol. The predicted octanol–water partition coefficient (Wildman–Crippen LogP) is -0.897. The number of primary amides is 1. The number of amides is 1. The van der Waals surface area contributed by atoms with E-state index in [2.05, 4.69) is 5.73 Å². The van der Waals surface area contributed by atoms with Crippen molar-refractivity contribution in [3.05, 3.63) is 0 Å². The smallest absolute Gasteiger partial charge is 0.369 e. The van der Waals surface area contributed by atoms with Crippen LogP contribution in [0.4, 0.5) is 13.2 Å². The average Bonchev–Trinajstić information content (AvgIpc) is 1.81. The Morgan fingerprint density at radius 2 is 2.08 bits per heavy atom. The number of nitrogens with zero attached hydrogens (tertiary/aromatic N) is 1. The Hall–Kier alpha value is -0.860. The van der Waals surface area contributed by atoms with Crippen LogP contribution in [0.2, 0.25) is 0 Å². The Morgan fingerprint density at radius 3 is 2.31 bits per heavy atom. The van der Waals surface area contributed by atoms with Gasteiger partial charge in [-0.15, -0.1) is 5.01 Å². The molecule has 1 atom stereocenters. The van der Waals surface area contributed by atoms with Crippen molar-refractivity contribution in [2.24, 2.45) is 11.5 Å². The first-order chi connectivity index (χ1) is 5.73. The van der Waals surface area contributed by atoms with Crippen molar-refractivity contribution in [2.45, 2.75) is 19.4 Å². The molecule has 1 amide bonds. The number of hydrogen-bond acceptors (Lipinski definition) is 4. The van der Waals surface area contributed by atoms with Gasteiger partial charge < -0.3 is 11.5 Å². The van der Waals surface area contributed by atoms with Crippen LogP contribution >= 0.6 is 0 Å². The van der Waals surface area contributed by atoms with Gasteiger partial charge in [0.05, 0.1) is 6.17 Å². The topological polar surface area (TPSA) is 84.4 Å². The van der Waals surface area contributed by atoms with Gasteiger partial charge in [-0.25, -0.2) is 5.43 Å². The van der Waals surface area contributed by atoms with Crippen LogP contribution in [0.1, 0.15) is 6.92 Å². The zero-order valence-electron chi connectivity index (χ0n) is 6.93. The lowest BCUT2D eigenvalue weighted by Gasteiger charge is -2.25. The minimum absolute atomic E-state index is 0.264. The molecule has 0 fully saturated rings. The van der Waals surface area contributed by atoms with Gasteiger partial charge in [0.15, 0.2) is 0 Å². The fourth-order valence-corrected chi connectivity index (χ4v) is 0.610. The van der Waals surface area contributed by atoms with Crippen LogP contribution in [-0.4, -0.2) is 29.9 Å². The Labute approximate surface area is 72.8 Å². The minimum atomic E-state index is -4.68. The summed E-state index contributed by atoms with van der Waals surface area (Å²) in [5.74, 6) is -1.09. The van der Waals surface area contributed by atoms with Gasteiger partial charge in [0.25, 0.3) is 0 Å². The summed E-state index contributed by atoms with van der Waals surface area (Å²) in [6.45, 7) is 0.338. The summed E-state index contributed by atoms with van der Waals surface area (Å²) in [6.07, 6.45) is -5.59. The highest BCUT2D eigenvalue weighted by atomic mass is 19.4. The third-order valence-electron chi connectivity index (χ3n) is 0.979. The van der Waals surface area contributed by atoms with E-state index in [0.717, 1.165) is 0 Å². The summed E-state index contributed by atoms with van der Waals surface area (Å²) in [5.41, 5.74) is 11.5. The number of carbonyl (C=O) groups excluding carboxylic acids is 1. The number of hydrogen-bond donors (Lipinski definition) is 3. The van der Waals surface area contributed by atoms with Gasteiger partial charge in [-0.05, 0) is 6.92 Å². The first kappa shape index (κ1) is 12.1. The highest BCUT2D eigenvalue weighted by Crippen LogP contribution is 2.18. The molecule has 0 aromatic heterocycles. The predicted molar refractivity (Wildman–Crippen MR) is 38.7 cm³/mol. The van der Waals surface area contributed by atoms with Crippen LogP contribution in [0.3, 0.4) is 0 Å². The molecule has 13 heavy (non-hydrogen) atoms. The van der Waals surface area contributed by atoms with E-state index in [1.54, 1.807) is 0 Å². The molecule has 0 rings (SSSR count). The molecule has 0 radical (unpaired) electrons. The van der Waals surface area contributed by atoms with Crippen LogP contribution in [0.25, 0.3) is 0 Å². The van der Waals surface area contributed by atoms with Gasteiger partial charge >= 0.3 is 6.30 Å². The molecule has 0 saturated carbocycles. The van der Waals surface area contributed by atoms with E-state index in [9.17, 15) is 18.0 Å². The van der Waals surface area contributed by atoms with Gasteiger partial charge in [-0.1, -0.05) is 0 Å². The molecule has 0 aliphatic rings. The number of nitrogens with one attached hydrogen (secondary N) is 1. The van der Waals surface area contributed by atoms with Crippen LogP contribution in [0.5, 0.6) is 0 Å². The summed E-state index contributed by atoms with van der Waals surface area (Å²) in [7, 11) is 0. The molecule has 0 bridgehead atoms. The Morgan fingerprint density at radius 1 is 1.62 bits per heavy atom. The van der Waals surface area contributed by atoms with Crippen LogP contribution in [-0.2, 0) is 4.79 Å². The fraction of sp³-hybridized carbons (Fsp3) is 0.800. The van der Waals surface area contributed by atoms with Crippen LogP contribution in [0, 0.1) is 0 Å². The number of halogens is 3. The summed E-state index contributed by atoms with van der Waals surface area (Å²) < 4.78 is 36.1. The van der Waals surface area contributed by atoms with Gasteiger partial charge in [0.1, 0.15) is 6.54 Å². The molecule has 0 spiro atoms. The molecule has 5 nitrogen and oxygen atoms in total. The first-order valence-electron chi connectivity index (χ1n) is 3.38. The van der Waals surface area contributed by atoms with E-state index in [1.807, 2.05) is 5.43 Å². The quantitative estimate of drug-likeness (QED) is 0.312. The van der Waals surface area contributed by atoms with Crippen LogP contribution in [0.15, 0.2) is 0 Å². The molecule has 0 aliphatic heterocycles. The van der Waals surface area contributed by atoms with Crippen molar-refractivity contribution in [1.82, 2.24) is 10.4 Å². The van der Waals surface area contributed by atoms with Crippen LogP contribution < -0.4 is 16.9 Å². The number of alkyl halides is 3. The second kappa shape index (κ2) is 4.40. The van der Waals surface area contributed by atoms with E-state index in [-0.39, 0.29) is 5.01 Å². The SMILES string of the molecule is CC(N)NN(CC(N)=O)C(F)(F)F. The van der Waals surface area contributed by atoms with Gasteiger partial charge in [-0.3, -0.25) is 4.79 Å². The van der Waals surface area contributed by atoms with Crippen molar-refractivity contribution < 1.29 is 18.0 Å². The highest BCUT2D eigenvalue weighted by Gasteiger charge is 2.38. The molecule has 8 heteroatoms. The van der Waals surface area contributed by atoms with Crippen molar-refractivity contribution >= 4 is 5.91 Å². The summed E-state index contributed by atoms with van der Waals surface area (Å²) in [6, 6.07) is 0. The second-order valence-corrected chi connectivity index (χ2v) is 2.44. The third kappa shape index (κ3) is 5.39. The Bertz CT molecular complexity index is 181. The Balaban J connectivity index is 4.28. The van der Waals surface area contributed by atoms with Crippen molar-refractivity contribution in [2.75, 3.05) is 6.54 Å². The first-order valence-corrected chi connectivity index (χ1v) is 3.38. The molecule has 0 heterocycles. The van der Waals surface area contributed by atoms with Crippen molar-refractivity contribution in [3.63, 3.8) is 0 Å². The van der Waals surface area contributed by atoms with Crippen molar-refractivity contribution in [3.8, 4) is 0 Å². The molecule has 5 N–H and O–H groups in total. The maximum Gasteiger partial charge on any atom is 0.473 e. The lowest BCUT2D eigenvalue weighted by Crippen LogP contribution is -2.56. The van der Waals surface area contributed by atoms with Gasteiger partial charge in [0, 0.05) is 0 Å². The fourth-order valence-electron chi connectivity index (χ4n) is 0.610. The maximum absolute atomic E-state index is 12.0. The molecule has 0 aromatic carbocycles. The third-order valence-corrected chi connectivity index (χ3v) is 0.979. The second-order valence-electron chi connectivity index (χ2n) is 2.44. The summed E-state index contributed by atoms with van der Waals surface area (Å²) >= 11 is 0. The number of hydrazine groups is 1. The lowest BCUT2D eigenvalue weighted by molar-refractivity contribution is -0.264. The molecule has 0 aromatic rings. The average molecular weight is 200 g/mol.